The van der Waals surface area contributed by atoms with Crippen molar-refractivity contribution < 1.29 is 9.18 Å². The molecule has 0 unspecified atom stereocenters. The second-order valence-corrected chi connectivity index (χ2v) is 8.57. The Kier molecular flexibility index (Phi) is 4.95. The first-order valence-electron chi connectivity index (χ1n) is 10.0. The van der Waals surface area contributed by atoms with Gasteiger partial charge in [-0.1, -0.05) is 12.1 Å². The fourth-order valence-corrected chi connectivity index (χ4v) is 4.32. The molecule has 0 aliphatic carbocycles. The summed E-state index contributed by atoms with van der Waals surface area (Å²) in [6.07, 6.45) is 2.20. The number of hydrogen-bond acceptors (Lipinski definition) is 4. The number of rotatable bonds is 3. The fourth-order valence-electron chi connectivity index (χ4n) is 4.32. The zero-order chi connectivity index (χ0) is 19.9. The summed E-state index contributed by atoms with van der Waals surface area (Å²) in [4.78, 5) is 17.4. The minimum Gasteiger partial charge on any atom is -0.333 e. The number of fused-ring (bicyclic) bond motifs is 1. The predicted molar refractivity (Wildman–Crippen MR) is 104 cm³/mol. The molecule has 2 aromatic rings. The molecule has 7 heteroatoms. The van der Waals surface area contributed by atoms with Crippen molar-refractivity contribution in [2.24, 2.45) is 0 Å². The van der Waals surface area contributed by atoms with Gasteiger partial charge in [0.15, 0.2) is 5.82 Å². The van der Waals surface area contributed by atoms with E-state index in [2.05, 4.69) is 26.7 Å². The summed E-state index contributed by atoms with van der Waals surface area (Å²) in [6.45, 7) is 7.67. The Balaban J connectivity index is 1.50. The topological polar surface area (TPSA) is 54.3 Å². The highest BCUT2D eigenvalue weighted by Crippen LogP contribution is 2.30. The van der Waals surface area contributed by atoms with E-state index < -0.39 is 5.41 Å². The van der Waals surface area contributed by atoms with Crippen molar-refractivity contribution in [2.45, 2.75) is 51.1 Å². The molecule has 6 nitrogen and oxygen atoms in total. The van der Waals surface area contributed by atoms with Gasteiger partial charge in [-0.3, -0.25) is 4.79 Å². The van der Waals surface area contributed by atoms with Crippen molar-refractivity contribution >= 4 is 5.91 Å². The van der Waals surface area contributed by atoms with Gasteiger partial charge in [0.1, 0.15) is 11.6 Å². The number of piperidine rings is 1. The second-order valence-electron chi connectivity index (χ2n) is 8.57. The summed E-state index contributed by atoms with van der Waals surface area (Å²) >= 11 is 0. The van der Waals surface area contributed by atoms with E-state index >= 15 is 0 Å². The summed E-state index contributed by atoms with van der Waals surface area (Å²) in [5.74, 6) is 2.04. The van der Waals surface area contributed by atoms with E-state index in [-0.39, 0.29) is 11.7 Å². The standard InChI is InChI=1S/C21H28FN5O/c1-21(2,16-5-4-6-17(22)13-16)20(28)26-11-12-27-18(14-26)23-24-19(27)15-7-9-25(3)10-8-15/h4-6,13,15H,7-12,14H2,1-3H3. The van der Waals surface area contributed by atoms with Gasteiger partial charge < -0.3 is 14.4 Å². The molecule has 0 saturated carbocycles. The molecule has 0 spiro atoms. The van der Waals surface area contributed by atoms with Crippen LogP contribution in [0.15, 0.2) is 24.3 Å². The molecule has 150 valence electrons. The summed E-state index contributed by atoms with van der Waals surface area (Å²) in [6, 6.07) is 6.31. The number of benzene rings is 1. The van der Waals surface area contributed by atoms with Crippen LogP contribution in [0.2, 0.25) is 0 Å². The van der Waals surface area contributed by atoms with Gasteiger partial charge in [-0.25, -0.2) is 4.39 Å². The molecule has 1 fully saturated rings. The lowest BCUT2D eigenvalue weighted by atomic mass is 9.83. The van der Waals surface area contributed by atoms with Gasteiger partial charge in [0.25, 0.3) is 0 Å². The molecular formula is C21H28FN5O. The van der Waals surface area contributed by atoms with Crippen molar-refractivity contribution in [3.05, 3.63) is 47.3 Å². The van der Waals surface area contributed by atoms with E-state index in [9.17, 15) is 9.18 Å². The smallest absolute Gasteiger partial charge is 0.233 e. The molecular weight excluding hydrogens is 357 g/mol. The first-order valence-corrected chi connectivity index (χ1v) is 10.0. The first kappa shape index (κ1) is 19.1. The van der Waals surface area contributed by atoms with Crippen LogP contribution in [-0.4, -0.2) is 57.2 Å². The van der Waals surface area contributed by atoms with Crippen molar-refractivity contribution in [1.82, 2.24) is 24.6 Å². The Morgan fingerprint density at radius 1 is 1.14 bits per heavy atom. The van der Waals surface area contributed by atoms with Gasteiger partial charge in [-0.15, -0.1) is 10.2 Å². The van der Waals surface area contributed by atoms with E-state index in [0.717, 1.165) is 44.1 Å². The number of amides is 1. The van der Waals surface area contributed by atoms with Crippen LogP contribution in [0.4, 0.5) is 4.39 Å². The largest absolute Gasteiger partial charge is 0.333 e. The number of hydrogen-bond donors (Lipinski definition) is 0. The molecule has 1 aromatic heterocycles. The van der Waals surface area contributed by atoms with E-state index in [4.69, 9.17) is 0 Å². The third-order valence-corrected chi connectivity index (χ3v) is 6.23. The van der Waals surface area contributed by atoms with E-state index in [1.165, 1.54) is 12.1 Å². The fraction of sp³-hybridized carbons (Fsp3) is 0.571. The lowest BCUT2D eigenvalue weighted by molar-refractivity contribution is -0.137. The molecule has 0 radical (unpaired) electrons. The maximum atomic E-state index is 13.7. The van der Waals surface area contributed by atoms with Crippen molar-refractivity contribution in [3.8, 4) is 0 Å². The lowest BCUT2D eigenvalue weighted by Gasteiger charge is -2.35. The molecule has 0 N–H and O–H groups in total. The van der Waals surface area contributed by atoms with Crippen LogP contribution in [0.25, 0.3) is 0 Å². The molecule has 1 saturated heterocycles. The number of nitrogens with zero attached hydrogens (tertiary/aromatic N) is 5. The third kappa shape index (κ3) is 3.43. The molecule has 4 rings (SSSR count). The highest BCUT2D eigenvalue weighted by Gasteiger charge is 2.37. The molecule has 0 bridgehead atoms. The SMILES string of the molecule is CN1CCC(c2nnc3n2CCN(C(=O)C(C)(C)c2cccc(F)c2)C3)CC1. The molecule has 0 atom stereocenters. The summed E-state index contributed by atoms with van der Waals surface area (Å²) in [5.41, 5.74) is -0.0993. The van der Waals surface area contributed by atoms with Crippen molar-refractivity contribution in [2.75, 3.05) is 26.7 Å². The molecule has 1 amide bonds. The average molecular weight is 385 g/mol. The first-order chi connectivity index (χ1) is 13.4. The van der Waals surface area contributed by atoms with Crippen molar-refractivity contribution in [1.29, 1.82) is 0 Å². The van der Waals surface area contributed by atoms with Gasteiger partial charge >= 0.3 is 0 Å². The van der Waals surface area contributed by atoms with Gasteiger partial charge in [0.2, 0.25) is 5.91 Å². The Morgan fingerprint density at radius 2 is 1.89 bits per heavy atom. The highest BCUT2D eigenvalue weighted by atomic mass is 19.1. The highest BCUT2D eigenvalue weighted by molar-refractivity contribution is 5.87. The van der Waals surface area contributed by atoms with E-state index in [1.807, 2.05) is 24.8 Å². The Morgan fingerprint density at radius 3 is 2.61 bits per heavy atom. The van der Waals surface area contributed by atoms with Crippen LogP contribution >= 0.6 is 0 Å². The summed E-state index contributed by atoms with van der Waals surface area (Å²) in [5, 5.41) is 8.88. The Bertz CT molecular complexity index is 869. The maximum absolute atomic E-state index is 13.7. The molecule has 28 heavy (non-hydrogen) atoms. The Labute approximate surface area is 165 Å². The van der Waals surface area contributed by atoms with Gasteiger partial charge in [-0.2, -0.15) is 0 Å². The molecule has 1 aromatic carbocycles. The molecule has 2 aliphatic rings. The van der Waals surface area contributed by atoms with Crippen LogP contribution in [0.5, 0.6) is 0 Å². The van der Waals surface area contributed by atoms with Gasteiger partial charge in [-0.05, 0) is 64.5 Å². The van der Waals surface area contributed by atoms with Crippen LogP contribution in [0.3, 0.4) is 0 Å². The van der Waals surface area contributed by atoms with Crippen LogP contribution in [0, 0.1) is 5.82 Å². The number of carbonyl (C=O) groups excluding carboxylic acids is 1. The molecule has 3 heterocycles. The number of likely N-dealkylation sites (tertiary alicyclic amines) is 1. The van der Waals surface area contributed by atoms with Gasteiger partial charge in [0.05, 0.1) is 12.0 Å². The van der Waals surface area contributed by atoms with Crippen LogP contribution in [0.1, 0.15) is 49.8 Å². The second kappa shape index (κ2) is 7.28. The normalized spacial score (nSPS) is 18.9. The maximum Gasteiger partial charge on any atom is 0.233 e. The van der Waals surface area contributed by atoms with Gasteiger partial charge in [0, 0.05) is 19.0 Å². The number of carbonyl (C=O) groups is 1. The summed E-state index contributed by atoms with van der Waals surface area (Å²) in [7, 11) is 2.15. The minimum absolute atomic E-state index is 0.00630. The van der Waals surface area contributed by atoms with E-state index in [0.29, 0.717) is 24.6 Å². The summed E-state index contributed by atoms with van der Waals surface area (Å²) < 4.78 is 15.9. The average Bonchev–Trinajstić information content (AvgIpc) is 3.11. The zero-order valence-corrected chi connectivity index (χ0v) is 16.9. The number of halogens is 1. The van der Waals surface area contributed by atoms with Crippen molar-refractivity contribution in [3.63, 3.8) is 0 Å². The molecule has 2 aliphatic heterocycles. The van der Waals surface area contributed by atoms with E-state index in [1.54, 1.807) is 6.07 Å². The Hall–Kier alpha value is -2.28. The quantitative estimate of drug-likeness (QED) is 0.815. The monoisotopic (exact) mass is 385 g/mol. The lowest BCUT2D eigenvalue weighted by Crippen LogP contribution is -2.47. The predicted octanol–water partition coefficient (Wildman–Crippen LogP) is 2.55. The zero-order valence-electron chi connectivity index (χ0n) is 16.9. The minimum atomic E-state index is -0.791. The van der Waals surface area contributed by atoms with Crippen LogP contribution < -0.4 is 0 Å². The third-order valence-electron chi connectivity index (χ3n) is 6.23. The number of aromatic nitrogens is 3. The van der Waals surface area contributed by atoms with Crippen LogP contribution in [-0.2, 0) is 23.3 Å².